The molecule has 2 rings (SSSR count). The lowest BCUT2D eigenvalue weighted by atomic mass is 9.99. The summed E-state index contributed by atoms with van der Waals surface area (Å²) in [4.78, 5) is 0. The lowest BCUT2D eigenvalue weighted by Crippen LogP contribution is -2.05. The molecule has 1 N–H and O–H groups in total. The third kappa shape index (κ3) is 2.05. The first-order valence-corrected chi connectivity index (χ1v) is 5.70. The second-order valence-corrected chi connectivity index (χ2v) is 4.54. The van der Waals surface area contributed by atoms with Gasteiger partial charge < -0.3 is 5.11 Å². The highest BCUT2D eigenvalue weighted by molar-refractivity contribution is 9.09. The van der Waals surface area contributed by atoms with Crippen molar-refractivity contribution in [3.63, 3.8) is 0 Å². The van der Waals surface area contributed by atoms with Crippen molar-refractivity contribution < 1.29 is 5.11 Å². The van der Waals surface area contributed by atoms with Crippen LogP contribution < -0.4 is 0 Å². The highest BCUT2D eigenvalue weighted by atomic mass is 79.9. The molecule has 0 amide bonds. The topological polar surface area (TPSA) is 20.2 Å². The molecule has 0 radical (unpaired) electrons. The summed E-state index contributed by atoms with van der Waals surface area (Å²) in [6.45, 7) is 0. The van der Waals surface area contributed by atoms with Crippen LogP contribution in [0.1, 0.15) is 18.4 Å². The Morgan fingerprint density at radius 3 is 2.69 bits per heavy atom. The highest BCUT2D eigenvalue weighted by Gasteiger charge is 2.41. The minimum atomic E-state index is 0.378. The fourth-order valence-electron chi connectivity index (χ4n) is 1.63. The van der Waals surface area contributed by atoms with Crippen LogP contribution in [0.15, 0.2) is 24.3 Å². The van der Waals surface area contributed by atoms with Crippen molar-refractivity contribution in [3.8, 4) is 5.75 Å². The van der Waals surface area contributed by atoms with E-state index in [0.717, 1.165) is 11.8 Å². The van der Waals surface area contributed by atoms with Gasteiger partial charge in [-0.3, -0.25) is 0 Å². The Balaban J connectivity index is 2.09. The molecule has 70 valence electrons. The fourth-order valence-corrected chi connectivity index (χ4v) is 2.39. The van der Waals surface area contributed by atoms with Crippen LogP contribution in [-0.4, -0.2) is 10.4 Å². The molecule has 13 heavy (non-hydrogen) atoms. The summed E-state index contributed by atoms with van der Waals surface area (Å²) in [5.74, 6) is 0.378. The van der Waals surface area contributed by atoms with Gasteiger partial charge in [-0.2, -0.15) is 0 Å². The fraction of sp³-hybridized carbons (Fsp3) is 0.455. The molecule has 0 atom stereocenters. The molecule has 1 aromatic rings. The summed E-state index contributed by atoms with van der Waals surface area (Å²) in [6.07, 6.45) is 3.72. The van der Waals surface area contributed by atoms with Gasteiger partial charge in [-0.1, -0.05) is 28.1 Å². The van der Waals surface area contributed by atoms with E-state index in [1.54, 1.807) is 6.07 Å². The van der Waals surface area contributed by atoms with Gasteiger partial charge in [0.1, 0.15) is 5.75 Å². The molecule has 1 aliphatic rings. The van der Waals surface area contributed by atoms with E-state index in [2.05, 4.69) is 22.0 Å². The smallest absolute Gasteiger partial charge is 0.115 e. The van der Waals surface area contributed by atoms with Crippen LogP contribution in [0.2, 0.25) is 0 Å². The number of aromatic hydroxyl groups is 1. The lowest BCUT2D eigenvalue weighted by molar-refractivity contribution is 0.473. The van der Waals surface area contributed by atoms with Gasteiger partial charge in [0.2, 0.25) is 0 Å². The molecule has 1 nitrogen and oxygen atoms in total. The van der Waals surface area contributed by atoms with E-state index in [1.807, 2.05) is 12.1 Å². The predicted octanol–water partition coefficient (Wildman–Crippen LogP) is 3.11. The Kier molecular flexibility index (Phi) is 2.33. The minimum Gasteiger partial charge on any atom is -0.508 e. The van der Waals surface area contributed by atoms with Crippen LogP contribution in [0.5, 0.6) is 5.75 Å². The lowest BCUT2D eigenvalue weighted by Gasteiger charge is -2.10. The van der Waals surface area contributed by atoms with Crippen molar-refractivity contribution in [3.05, 3.63) is 29.8 Å². The van der Waals surface area contributed by atoms with Gasteiger partial charge >= 0.3 is 0 Å². The van der Waals surface area contributed by atoms with Crippen molar-refractivity contribution in [2.75, 3.05) is 5.33 Å². The number of hydrogen-bond acceptors (Lipinski definition) is 1. The largest absolute Gasteiger partial charge is 0.508 e. The van der Waals surface area contributed by atoms with Crippen molar-refractivity contribution >= 4 is 15.9 Å². The third-order valence-corrected chi connectivity index (χ3v) is 3.92. The van der Waals surface area contributed by atoms with E-state index < -0.39 is 0 Å². The van der Waals surface area contributed by atoms with Crippen LogP contribution in [0.25, 0.3) is 0 Å². The van der Waals surface area contributed by atoms with Crippen LogP contribution in [0, 0.1) is 5.41 Å². The molecular weight excluding hydrogens is 228 g/mol. The Hall–Kier alpha value is -0.500. The standard InChI is InChI=1S/C11H13BrO/c12-8-11(4-5-11)7-9-2-1-3-10(13)6-9/h1-3,6,13H,4-5,7-8H2. The van der Waals surface area contributed by atoms with Crippen LogP contribution >= 0.6 is 15.9 Å². The van der Waals surface area contributed by atoms with Crippen molar-refractivity contribution in [2.24, 2.45) is 5.41 Å². The summed E-state index contributed by atoms with van der Waals surface area (Å²) < 4.78 is 0. The summed E-state index contributed by atoms with van der Waals surface area (Å²) in [6, 6.07) is 7.58. The number of phenols is 1. The van der Waals surface area contributed by atoms with Gasteiger partial charge in [0.25, 0.3) is 0 Å². The molecule has 0 saturated heterocycles. The van der Waals surface area contributed by atoms with E-state index in [-0.39, 0.29) is 0 Å². The molecular formula is C11H13BrO. The molecule has 1 aromatic carbocycles. The number of hydrogen-bond donors (Lipinski definition) is 1. The Morgan fingerprint density at radius 2 is 2.15 bits per heavy atom. The van der Waals surface area contributed by atoms with Gasteiger partial charge in [0.15, 0.2) is 0 Å². The van der Waals surface area contributed by atoms with Gasteiger partial charge in [-0.15, -0.1) is 0 Å². The van der Waals surface area contributed by atoms with Crippen molar-refractivity contribution in [1.82, 2.24) is 0 Å². The maximum Gasteiger partial charge on any atom is 0.115 e. The number of phenolic OH excluding ortho intramolecular Hbond substituents is 1. The Labute approximate surface area is 86.9 Å². The number of benzene rings is 1. The highest BCUT2D eigenvalue weighted by Crippen LogP contribution is 2.49. The zero-order valence-electron chi connectivity index (χ0n) is 7.46. The molecule has 0 heterocycles. The van der Waals surface area contributed by atoms with E-state index in [1.165, 1.54) is 18.4 Å². The quantitative estimate of drug-likeness (QED) is 0.806. The predicted molar refractivity (Wildman–Crippen MR) is 57.3 cm³/mol. The maximum atomic E-state index is 9.29. The van der Waals surface area contributed by atoms with Crippen molar-refractivity contribution in [1.29, 1.82) is 0 Å². The average Bonchev–Trinajstić information content (AvgIpc) is 2.86. The number of halogens is 1. The molecule has 0 aliphatic heterocycles. The van der Waals surface area contributed by atoms with Gasteiger partial charge in [-0.05, 0) is 42.4 Å². The normalized spacial score (nSPS) is 18.5. The minimum absolute atomic E-state index is 0.378. The van der Waals surface area contributed by atoms with Crippen LogP contribution in [0.4, 0.5) is 0 Å². The SMILES string of the molecule is Oc1cccc(CC2(CBr)CC2)c1. The summed E-state index contributed by atoms with van der Waals surface area (Å²) in [5.41, 5.74) is 1.74. The molecule has 2 heteroatoms. The van der Waals surface area contributed by atoms with E-state index in [9.17, 15) is 5.11 Å². The molecule has 1 fully saturated rings. The maximum absolute atomic E-state index is 9.29. The molecule has 0 unspecified atom stereocenters. The first-order chi connectivity index (χ1) is 6.24. The van der Waals surface area contributed by atoms with Gasteiger partial charge in [0, 0.05) is 5.33 Å². The van der Waals surface area contributed by atoms with E-state index in [4.69, 9.17) is 0 Å². The van der Waals surface area contributed by atoms with Gasteiger partial charge in [0.05, 0.1) is 0 Å². The monoisotopic (exact) mass is 240 g/mol. The van der Waals surface area contributed by atoms with Gasteiger partial charge in [-0.25, -0.2) is 0 Å². The second-order valence-electron chi connectivity index (χ2n) is 3.98. The summed E-state index contributed by atoms with van der Waals surface area (Å²) >= 11 is 3.55. The van der Waals surface area contributed by atoms with Crippen LogP contribution in [0.3, 0.4) is 0 Å². The molecule has 0 bridgehead atoms. The van der Waals surface area contributed by atoms with Crippen molar-refractivity contribution in [2.45, 2.75) is 19.3 Å². The zero-order valence-corrected chi connectivity index (χ0v) is 9.05. The molecule has 0 spiro atoms. The summed E-state index contributed by atoms with van der Waals surface area (Å²) in [7, 11) is 0. The van der Waals surface area contributed by atoms with E-state index >= 15 is 0 Å². The summed E-state index contributed by atoms with van der Waals surface area (Å²) in [5, 5.41) is 10.4. The van der Waals surface area contributed by atoms with E-state index in [0.29, 0.717) is 11.2 Å². The molecule has 0 aromatic heterocycles. The molecule has 1 aliphatic carbocycles. The second kappa shape index (κ2) is 3.33. The van der Waals surface area contributed by atoms with Crippen LogP contribution in [-0.2, 0) is 6.42 Å². The first kappa shape index (κ1) is 9.07. The number of alkyl halides is 1. The average molecular weight is 241 g/mol. The zero-order chi connectivity index (χ0) is 9.31. The third-order valence-electron chi connectivity index (χ3n) is 2.73. The molecule has 1 saturated carbocycles. The Bertz CT molecular complexity index is 305. The first-order valence-electron chi connectivity index (χ1n) is 4.58. The Morgan fingerprint density at radius 1 is 1.38 bits per heavy atom. The number of rotatable bonds is 3.